The van der Waals surface area contributed by atoms with Crippen LogP contribution in [0.25, 0.3) is 5.69 Å². The van der Waals surface area contributed by atoms with E-state index in [1.165, 1.54) is 6.07 Å². The second-order valence-corrected chi connectivity index (χ2v) is 10.5. The summed E-state index contributed by atoms with van der Waals surface area (Å²) in [5.74, 6) is 1.20. The highest BCUT2D eigenvalue weighted by Gasteiger charge is 2.41. The van der Waals surface area contributed by atoms with Gasteiger partial charge < -0.3 is 15.0 Å². The van der Waals surface area contributed by atoms with Crippen LogP contribution in [0.15, 0.2) is 113 Å². The third-order valence-electron chi connectivity index (χ3n) is 7.69. The zero-order valence-corrected chi connectivity index (χ0v) is 24.4. The van der Waals surface area contributed by atoms with Gasteiger partial charge >= 0.3 is 5.97 Å². The van der Waals surface area contributed by atoms with E-state index in [0.717, 1.165) is 22.6 Å². The molecule has 1 atom stereocenters. The fourth-order valence-corrected chi connectivity index (χ4v) is 5.71. The number of aryl methyl sites for hydroxylation is 1. The van der Waals surface area contributed by atoms with Crippen LogP contribution < -0.4 is 10.2 Å². The Kier molecular flexibility index (Phi) is 6.89. The molecule has 0 fully saturated rings. The van der Waals surface area contributed by atoms with Gasteiger partial charge in [0.25, 0.3) is 5.69 Å². The Labute approximate surface area is 258 Å². The molecule has 4 aromatic carbocycles. The lowest BCUT2D eigenvalue weighted by Crippen LogP contribution is -2.46. The summed E-state index contributed by atoms with van der Waals surface area (Å²) in [5.41, 5.74) is 5.74. The van der Waals surface area contributed by atoms with Gasteiger partial charge in [0.15, 0.2) is 17.5 Å². The zero-order chi connectivity index (χ0) is 31.1. The average Bonchev–Trinajstić information content (AvgIpc) is 3.40. The molecule has 11 heteroatoms. The minimum atomic E-state index is -0.510. The molecule has 1 N–H and O–H groups in total. The van der Waals surface area contributed by atoms with Crippen LogP contribution in [0, 0.1) is 17.0 Å². The first kappa shape index (κ1) is 27.7. The lowest BCUT2D eigenvalue weighted by molar-refractivity contribution is -0.384. The van der Waals surface area contributed by atoms with E-state index in [9.17, 15) is 14.9 Å². The van der Waals surface area contributed by atoms with Crippen LogP contribution in [-0.2, 0) is 4.74 Å². The summed E-state index contributed by atoms with van der Waals surface area (Å²) < 4.78 is 6.93. The van der Waals surface area contributed by atoms with Crippen molar-refractivity contribution >= 4 is 46.2 Å². The zero-order valence-electron chi connectivity index (χ0n) is 24.4. The number of fused-ring (bicyclic) bond motifs is 4. The Balaban J connectivity index is 1.43. The van der Waals surface area contributed by atoms with Crippen molar-refractivity contribution in [3.8, 4) is 5.69 Å². The molecule has 1 aromatic heterocycles. The summed E-state index contributed by atoms with van der Waals surface area (Å²) in [7, 11) is 0. The number of carbonyl (C=O) groups excluding carboxylic acids is 1. The van der Waals surface area contributed by atoms with Gasteiger partial charge in [0.2, 0.25) is 0 Å². The molecule has 0 saturated heterocycles. The van der Waals surface area contributed by atoms with Crippen molar-refractivity contribution in [1.29, 1.82) is 0 Å². The first-order valence-corrected chi connectivity index (χ1v) is 14.4. The average molecular weight is 598 g/mol. The molecule has 0 aliphatic carbocycles. The summed E-state index contributed by atoms with van der Waals surface area (Å²) in [6, 6.07) is 30.5. The molecule has 0 spiro atoms. The molecule has 5 aromatic rings. The van der Waals surface area contributed by atoms with Gasteiger partial charge in [-0.1, -0.05) is 42.5 Å². The van der Waals surface area contributed by atoms with Gasteiger partial charge in [-0.15, -0.1) is 0 Å². The first-order chi connectivity index (χ1) is 21.9. The van der Waals surface area contributed by atoms with Crippen LogP contribution in [-0.4, -0.2) is 39.0 Å². The van der Waals surface area contributed by atoms with E-state index in [1.54, 1.807) is 48.0 Å². The topological polar surface area (TPSA) is 127 Å². The van der Waals surface area contributed by atoms with E-state index in [0.29, 0.717) is 40.0 Å². The summed E-state index contributed by atoms with van der Waals surface area (Å²) in [4.78, 5) is 35.9. The SMILES string of the molecule is CCOC(=O)c1ccc(NC2=Nc3ccccc3N3C2=Nc2c(c(C)nn2-c2ccccc2)[C@H]3c2cccc([N+](=O)[O-])c2)cc1. The van der Waals surface area contributed by atoms with Crippen LogP contribution in [0.2, 0.25) is 0 Å². The van der Waals surface area contributed by atoms with Crippen LogP contribution in [0.3, 0.4) is 0 Å². The molecular formula is C34H27N7O4. The number of benzene rings is 4. The number of carbonyl (C=O) groups is 1. The van der Waals surface area contributed by atoms with Crippen molar-refractivity contribution in [3.63, 3.8) is 0 Å². The van der Waals surface area contributed by atoms with Crippen LogP contribution in [0.1, 0.15) is 40.1 Å². The van der Waals surface area contributed by atoms with E-state index < -0.39 is 12.0 Å². The number of nitro benzene ring substituents is 1. The summed E-state index contributed by atoms with van der Waals surface area (Å²) >= 11 is 0. The van der Waals surface area contributed by atoms with E-state index >= 15 is 0 Å². The Bertz CT molecular complexity index is 2020. The number of nitro groups is 1. The fraction of sp³-hybridized carbons (Fsp3) is 0.118. The minimum Gasteiger partial charge on any atom is -0.462 e. The number of nitrogens with zero attached hydrogens (tertiary/aromatic N) is 6. The molecule has 2 aliphatic heterocycles. The summed E-state index contributed by atoms with van der Waals surface area (Å²) in [6.45, 7) is 3.98. The molecule has 45 heavy (non-hydrogen) atoms. The van der Waals surface area contributed by atoms with E-state index in [2.05, 4.69) is 10.2 Å². The number of amidine groups is 2. The lowest BCUT2D eigenvalue weighted by atomic mass is 9.93. The largest absolute Gasteiger partial charge is 0.462 e. The van der Waals surface area contributed by atoms with Gasteiger partial charge in [0.1, 0.15) is 0 Å². The number of non-ortho nitro benzene ring substituents is 1. The summed E-state index contributed by atoms with van der Waals surface area (Å²) in [6.07, 6.45) is 0. The quantitative estimate of drug-likeness (QED) is 0.126. The maximum absolute atomic E-state index is 12.2. The number of ether oxygens (including phenoxy) is 1. The second-order valence-electron chi connectivity index (χ2n) is 10.5. The van der Waals surface area contributed by atoms with Gasteiger partial charge in [-0.05, 0) is 67.9 Å². The molecule has 3 heterocycles. The molecule has 7 rings (SSSR count). The van der Waals surface area contributed by atoms with Gasteiger partial charge in [0.05, 0.1) is 45.9 Å². The number of hydrogen-bond acceptors (Lipinski definition) is 9. The van der Waals surface area contributed by atoms with Crippen molar-refractivity contribution < 1.29 is 14.5 Å². The first-order valence-electron chi connectivity index (χ1n) is 14.4. The fourth-order valence-electron chi connectivity index (χ4n) is 5.71. The van der Waals surface area contributed by atoms with E-state index in [4.69, 9.17) is 19.8 Å². The maximum atomic E-state index is 12.2. The smallest absolute Gasteiger partial charge is 0.338 e. The van der Waals surface area contributed by atoms with Crippen molar-refractivity contribution in [3.05, 3.63) is 136 Å². The molecule has 0 saturated carbocycles. The second kappa shape index (κ2) is 11.2. The van der Waals surface area contributed by atoms with Crippen LogP contribution in [0.5, 0.6) is 0 Å². The molecule has 0 amide bonds. The van der Waals surface area contributed by atoms with Crippen molar-refractivity contribution in [2.75, 3.05) is 16.8 Å². The minimum absolute atomic E-state index is 0.00906. The molecule has 0 radical (unpaired) electrons. The van der Waals surface area contributed by atoms with Gasteiger partial charge in [-0.2, -0.15) is 5.10 Å². The van der Waals surface area contributed by atoms with Crippen molar-refractivity contribution in [1.82, 2.24) is 9.78 Å². The van der Waals surface area contributed by atoms with E-state index in [-0.39, 0.29) is 17.2 Å². The standard InChI is InChI=1S/C34H27N7O4/c1-3-45-34(42)22-16-18-24(19-17-22)35-31-33-37-32-29(21(2)38-40(32)25-11-5-4-6-12-25)30(23-10-9-13-26(20-23)41(43)44)39(33)28-15-8-7-14-27(28)36-31/h4-20,30H,3H2,1-2H3,(H,35,36)/t30-/m1/s1. The third-order valence-corrected chi connectivity index (χ3v) is 7.69. The molecule has 0 bridgehead atoms. The number of anilines is 2. The number of aromatic nitrogens is 2. The number of para-hydroxylation sites is 3. The van der Waals surface area contributed by atoms with Gasteiger partial charge in [-0.25, -0.2) is 19.5 Å². The molecular weight excluding hydrogens is 570 g/mol. The molecule has 2 aliphatic rings. The van der Waals surface area contributed by atoms with Crippen LogP contribution in [0.4, 0.5) is 28.6 Å². The molecule has 0 unspecified atom stereocenters. The van der Waals surface area contributed by atoms with E-state index in [1.807, 2.05) is 67.6 Å². The monoisotopic (exact) mass is 597 g/mol. The van der Waals surface area contributed by atoms with Crippen LogP contribution >= 0.6 is 0 Å². The normalized spacial score (nSPS) is 14.8. The Morgan fingerprint density at radius 1 is 0.956 bits per heavy atom. The Morgan fingerprint density at radius 2 is 1.71 bits per heavy atom. The molecule has 11 nitrogen and oxygen atoms in total. The highest BCUT2D eigenvalue weighted by atomic mass is 16.6. The van der Waals surface area contributed by atoms with Crippen molar-refractivity contribution in [2.24, 2.45) is 9.98 Å². The number of esters is 1. The maximum Gasteiger partial charge on any atom is 0.338 e. The third kappa shape index (κ3) is 4.89. The van der Waals surface area contributed by atoms with Crippen molar-refractivity contribution in [2.45, 2.75) is 19.9 Å². The highest BCUT2D eigenvalue weighted by molar-refractivity contribution is 6.51. The van der Waals surface area contributed by atoms with Gasteiger partial charge in [0, 0.05) is 23.4 Å². The predicted molar refractivity (Wildman–Crippen MR) is 172 cm³/mol. The number of aliphatic imine (C=N–C) groups is 2. The molecule has 222 valence electrons. The Hall–Kier alpha value is -6.10. The lowest BCUT2D eigenvalue weighted by Gasteiger charge is -2.40. The number of hydrogen-bond donors (Lipinski definition) is 1. The van der Waals surface area contributed by atoms with Gasteiger partial charge in [-0.3, -0.25) is 10.1 Å². The highest BCUT2D eigenvalue weighted by Crippen LogP contribution is 2.48. The Morgan fingerprint density at radius 3 is 2.47 bits per heavy atom. The number of rotatable bonds is 6. The number of nitrogens with one attached hydrogen (secondary N) is 1. The summed E-state index contributed by atoms with van der Waals surface area (Å²) in [5, 5.41) is 20.2. The predicted octanol–water partition coefficient (Wildman–Crippen LogP) is 7.06.